The van der Waals surface area contributed by atoms with E-state index in [-0.39, 0.29) is 0 Å². The van der Waals surface area contributed by atoms with Gasteiger partial charge in [0.05, 0.1) is 18.1 Å². The van der Waals surface area contributed by atoms with Crippen molar-refractivity contribution in [2.45, 2.75) is 6.92 Å². The van der Waals surface area contributed by atoms with Crippen molar-refractivity contribution in [3.05, 3.63) is 36.2 Å². The Bertz CT molecular complexity index is 476. The van der Waals surface area contributed by atoms with Crippen LogP contribution in [0.2, 0.25) is 0 Å². The van der Waals surface area contributed by atoms with Gasteiger partial charge in [-0.2, -0.15) is 5.10 Å². The Morgan fingerprint density at radius 3 is 2.73 bits per heavy atom. The molecule has 1 aromatic carbocycles. The maximum Gasteiger partial charge on any atom is 0.165 e. The summed E-state index contributed by atoms with van der Waals surface area (Å²) in [4.78, 5) is 0. The normalized spacial score (nSPS) is 10.3. The zero-order valence-corrected chi connectivity index (χ0v) is 8.69. The van der Waals surface area contributed by atoms with Crippen LogP contribution in [0.15, 0.2) is 30.6 Å². The summed E-state index contributed by atoms with van der Waals surface area (Å²) < 4.78 is 7.25. The zero-order valence-electron chi connectivity index (χ0n) is 8.69. The molecule has 0 saturated heterocycles. The lowest BCUT2D eigenvalue weighted by molar-refractivity contribution is 0.481. The van der Waals surface area contributed by atoms with Crippen LogP contribution in [-0.2, 0) is 7.05 Å². The quantitative estimate of drug-likeness (QED) is 0.751. The number of benzene rings is 1. The first-order chi connectivity index (χ1) is 7.15. The molecule has 0 bridgehead atoms. The molecule has 0 aliphatic rings. The third-order valence-electron chi connectivity index (χ3n) is 2.11. The third kappa shape index (κ3) is 2.10. The summed E-state index contributed by atoms with van der Waals surface area (Å²) in [6.07, 6.45) is 3.45. The summed E-state index contributed by atoms with van der Waals surface area (Å²) in [7, 11) is 1.84. The second-order valence-electron chi connectivity index (χ2n) is 3.43. The van der Waals surface area contributed by atoms with Crippen LogP contribution in [0.5, 0.6) is 11.5 Å². The van der Waals surface area contributed by atoms with Gasteiger partial charge in [-0.25, -0.2) is 0 Å². The molecule has 2 rings (SSSR count). The Labute approximate surface area is 88.3 Å². The van der Waals surface area contributed by atoms with E-state index < -0.39 is 0 Å². The summed E-state index contributed by atoms with van der Waals surface area (Å²) in [6, 6.07) is 5.35. The van der Waals surface area contributed by atoms with Crippen LogP contribution in [0.25, 0.3) is 0 Å². The predicted octanol–water partition coefficient (Wildman–Crippen LogP) is 2.44. The smallest absolute Gasteiger partial charge is 0.165 e. The fourth-order valence-electron chi connectivity index (χ4n) is 1.29. The molecule has 1 N–H and O–H groups in total. The first-order valence-corrected chi connectivity index (χ1v) is 4.64. The Morgan fingerprint density at radius 1 is 1.33 bits per heavy atom. The van der Waals surface area contributed by atoms with Crippen molar-refractivity contribution >= 4 is 5.69 Å². The maximum absolute atomic E-state index is 7.53. The second-order valence-corrected chi connectivity index (χ2v) is 3.43. The topological polar surface area (TPSA) is 50.9 Å². The lowest BCUT2D eigenvalue weighted by Crippen LogP contribution is -1.86. The predicted molar refractivity (Wildman–Crippen MR) is 57.2 cm³/mol. The summed E-state index contributed by atoms with van der Waals surface area (Å²) in [5.41, 5.74) is 8.95. The molecule has 0 amide bonds. The van der Waals surface area contributed by atoms with Crippen LogP contribution in [0.3, 0.4) is 0 Å². The number of aryl methyl sites for hydroxylation is 2. The van der Waals surface area contributed by atoms with Crippen LogP contribution >= 0.6 is 0 Å². The van der Waals surface area contributed by atoms with Gasteiger partial charge in [0.15, 0.2) is 5.75 Å². The first-order valence-electron chi connectivity index (χ1n) is 4.64. The average molecular weight is 202 g/mol. The average Bonchev–Trinajstić information content (AvgIpc) is 2.58. The standard InChI is InChI=1S/C11H12N3O/c1-8-5-9(3-4-11(8)12)15-10-6-13-14(2)7-10/h3-7,12H,1-2H3. The third-order valence-corrected chi connectivity index (χ3v) is 2.11. The molecular weight excluding hydrogens is 190 g/mol. The van der Waals surface area contributed by atoms with Gasteiger partial charge in [-0.15, -0.1) is 0 Å². The van der Waals surface area contributed by atoms with Gasteiger partial charge in [-0.1, -0.05) is 0 Å². The molecule has 0 aliphatic carbocycles. The van der Waals surface area contributed by atoms with Crippen LogP contribution in [0, 0.1) is 6.92 Å². The Balaban J connectivity index is 2.21. The molecule has 0 fully saturated rings. The van der Waals surface area contributed by atoms with Crippen LogP contribution in [0.1, 0.15) is 5.56 Å². The van der Waals surface area contributed by atoms with E-state index in [0.29, 0.717) is 11.4 Å². The van der Waals surface area contributed by atoms with Gasteiger partial charge in [0.1, 0.15) is 5.75 Å². The van der Waals surface area contributed by atoms with Crippen molar-refractivity contribution < 1.29 is 4.74 Å². The summed E-state index contributed by atoms with van der Waals surface area (Å²) >= 11 is 0. The van der Waals surface area contributed by atoms with E-state index in [1.165, 1.54) is 0 Å². The molecular formula is C11H12N3O. The van der Waals surface area contributed by atoms with Crippen molar-refractivity contribution in [1.29, 1.82) is 0 Å². The SMILES string of the molecule is Cc1cc(Oc2cnn(C)c2)ccc1[NH]. The van der Waals surface area contributed by atoms with E-state index in [2.05, 4.69) is 5.10 Å². The molecule has 4 heteroatoms. The molecule has 1 heterocycles. The highest BCUT2D eigenvalue weighted by Crippen LogP contribution is 2.24. The highest BCUT2D eigenvalue weighted by atomic mass is 16.5. The largest absolute Gasteiger partial charge is 0.454 e. The van der Waals surface area contributed by atoms with E-state index in [9.17, 15) is 0 Å². The highest BCUT2D eigenvalue weighted by Gasteiger charge is 2.01. The van der Waals surface area contributed by atoms with Crippen LogP contribution < -0.4 is 10.5 Å². The lowest BCUT2D eigenvalue weighted by Gasteiger charge is -2.04. The number of nitrogens with zero attached hydrogens (tertiary/aromatic N) is 2. The number of rotatable bonds is 2. The number of ether oxygens (including phenoxy) is 1. The van der Waals surface area contributed by atoms with Crippen molar-refractivity contribution in [3.8, 4) is 11.5 Å². The number of aromatic nitrogens is 2. The van der Waals surface area contributed by atoms with Gasteiger partial charge in [0.25, 0.3) is 0 Å². The molecule has 15 heavy (non-hydrogen) atoms. The summed E-state index contributed by atoms with van der Waals surface area (Å²) in [5, 5.41) is 4.01. The molecule has 0 saturated carbocycles. The van der Waals surface area contributed by atoms with Gasteiger partial charge in [-0.3, -0.25) is 4.68 Å². The molecule has 4 nitrogen and oxygen atoms in total. The first kappa shape index (κ1) is 9.58. The fraction of sp³-hybridized carbons (Fsp3) is 0.182. The Kier molecular flexibility index (Phi) is 2.33. The second kappa shape index (κ2) is 3.65. The van der Waals surface area contributed by atoms with Crippen molar-refractivity contribution in [1.82, 2.24) is 15.5 Å². The van der Waals surface area contributed by atoms with Gasteiger partial charge in [0, 0.05) is 7.05 Å². The number of hydrogen-bond acceptors (Lipinski definition) is 2. The van der Waals surface area contributed by atoms with E-state index >= 15 is 0 Å². The molecule has 77 valence electrons. The van der Waals surface area contributed by atoms with Gasteiger partial charge >= 0.3 is 0 Å². The minimum Gasteiger partial charge on any atom is -0.454 e. The molecule has 0 atom stereocenters. The summed E-state index contributed by atoms with van der Waals surface area (Å²) in [5.74, 6) is 1.44. The zero-order chi connectivity index (χ0) is 10.8. The summed E-state index contributed by atoms with van der Waals surface area (Å²) in [6.45, 7) is 1.89. The highest BCUT2D eigenvalue weighted by molar-refractivity contribution is 5.47. The number of nitrogens with one attached hydrogen (secondary N) is 1. The van der Waals surface area contributed by atoms with Crippen molar-refractivity contribution in [2.24, 2.45) is 7.05 Å². The molecule has 0 unspecified atom stereocenters. The Hall–Kier alpha value is -1.97. The van der Waals surface area contributed by atoms with E-state index in [4.69, 9.17) is 10.5 Å². The lowest BCUT2D eigenvalue weighted by atomic mass is 10.2. The molecule has 1 radical (unpaired) electrons. The Morgan fingerprint density at radius 2 is 2.13 bits per heavy atom. The van der Waals surface area contributed by atoms with Gasteiger partial charge in [0.2, 0.25) is 0 Å². The van der Waals surface area contributed by atoms with E-state index in [0.717, 1.165) is 11.3 Å². The van der Waals surface area contributed by atoms with Crippen molar-refractivity contribution in [2.75, 3.05) is 0 Å². The van der Waals surface area contributed by atoms with Gasteiger partial charge in [-0.05, 0) is 30.7 Å². The minimum absolute atomic E-state index is 0.522. The van der Waals surface area contributed by atoms with Crippen molar-refractivity contribution in [3.63, 3.8) is 0 Å². The van der Waals surface area contributed by atoms with Gasteiger partial charge < -0.3 is 10.5 Å². The van der Waals surface area contributed by atoms with E-state index in [1.807, 2.05) is 20.0 Å². The minimum atomic E-state index is 0.522. The fourth-order valence-corrected chi connectivity index (χ4v) is 1.29. The molecule has 1 aromatic heterocycles. The molecule has 0 spiro atoms. The van der Waals surface area contributed by atoms with Crippen LogP contribution in [-0.4, -0.2) is 9.78 Å². The van der Waals surface area contributed by atoms with Crippen LogP contribution in [0.4, 0.5) is 5.69 Å². The monoisotopic (exact) mass is 202 g/mol. The molecule has 0 aliphatic heterocycles. The molecule has 2 aromatic rings. The maximum atomic E-state index is 7.53. The van der Waals surface area contributed by atoms with E-state index in [1.54, 1.807) is 29.2 Å². The number of hydrogen-bond donors (Lipinski definition) is 0.